The largest absolute Gasteiger partial charge is 0.476 e. The van der Waals surface area contributed by atoms with Crippen molar-refractivity contribution < 1.29 is 14.7 Å². The zero-order valence-electron chi connectivity index (χ0n) is 13.3. The Hall–Kier alpha value is -2.84. The molecular formula is C16H13Cl2N5O3. The fourth-order valence-corrected chi connectivity index (χ4v) is 2.56. The van der Waals surface area contributed by atoms with Crippen LogP contribution in [0.5, 0.6) is 0 Å². The van der Waals surface area contributed by atoms with E-state index in [1.165, 1.54) is 16.9 Å². The lowest BCUT2D eigenvalue weighted by Crippen LogP contribution is -2.20. The predicted octanol–water partition coefficient (Wildman–Crippen LogP) is 2.77. The summed E-state index contributed by atoms with van der Waals surface area (Å²) < 4.78 is 2.89. The van der Waals surface area contributed by atoms with Gasteiger partial charge >= 0.3 is 5.97 Å². The van der Waals surface area contributed by atoms with Crippen LogP contribution in [0.4, 0.5) is 5.82 Å². The molecule has 3 rings (SSSR count). The number of nitrogens with one attached hydrogen (secondary N) is 1. The van der Waals surface area contributed by atoms with E-state index < -0.39 is 5.97 Å². The average molecular weight is 394 g/mol. The third-order valence-electron chi connectivity index (χ3n) is 3.40. The third-order valence-corrected chi connectivity index (χ3v) is 4.14. The lowest BCUT2D eigenvalue weighted by atomic mass is 10.2. The molecule has 0 spiro atoms. The van der Waals surface area contributed by atoms with Gasteiger partial charge in [-0.3, -0.25) is 14.2 Å². The first-order valence-electron chi connectivity index (χ1n) is 7.45. The molecule has 0 aliphatic heterocycles. The molecule has 2 heterocycles. The lowest BCUT2D eigenvalue weighted by molar-refractivity contribution is -0.116. The monoisotopic (exact) mass is 393 g/mol. The van der Waals surface area contributed by atoms with E-state index in [0.717, 1.165) is 5.56 Å². The molecule has 8 nitrogen and oxygen atoms in total. The highest BCUT2D eigenvalue weighted by Gasteiger charge is 2.10. The molecule has 0 unspecified atom stereocenters. The van der Waals surface area contributed by atoms with E-state index in [-0.39, 0.29) is 18.1 Å². The molecule has 2 N–H and O–H groups in total. The summed E-state index contributed by atoms with van der Waals surface area (Å²) in [6.45, 7) is 0.348. The van der Waals surface area contributed by atoms with Crippen LogP contribution in [0.25, 0.3) is 0 Å². The summed E-state index contributed by atoms with van der Waals surface area (Å²) in [4.78, 5) is 22.8. The van der Waals surface area contributed by atoms with Gasteiger partial charge in [0.2, 0.25) is 5.91 Å². The Morgan fingerprint density at radius 1 is 1.04 bits per heavy atom. The Morgan fingerprint density at radius 2 is 1.81 bits per heavy atom. The highest BCUT2D eigenvalue weighted by atomic mass is 35.5. The number of hydrogen-bond donors (Lipinski definition) is 2. The van der Waals surface area contributed by atoms with Crippen LogP contribution in [0.15, 0.2) is 42.7 Å². The van der Waals surface area contributed by atoms with Crippen LogP contribution in [0.3, 0.4) is 0 Å². The van der Waals surface area contributed by atoms with E-state index in [2.05, 4.69) is 15.5 Å². The highest BCUT2D eigenvalue weighted by Crippen LogP contribution is 2.23. The maximum atomic E-state index is 12.0. The van der Waals surface area contributed by atoms with Gasteiger partial charge < -0.3 is 10.4 Å². The van der Waals surface area contributed by atoms with Crippen molar-refractivity contribution in [3.63, 3.8) is 0 Å². The Bertz CT molecular complexity index is 966. The number of hydrogen-bond acceptors (Lipinski definition) is 4. The van der Waals surface area contributed by atoms with Gasteiger partial charge in [-0.25, -0.2) is 4.79 Å². The van der Waals surface area contributed by atoms with Crippen LogP contribution in [-0.4, -0.2) is 36.5 Å². The number of carboxylic acids is 1. The topological polar surface area (TPSA) is 102 Å². The summed E-state index contributed by atoms with van der Waals surface area (Å²) in [5.41, 5.74) is 0.793. The number of anilines is 1. The van der Waals surface area contributed by atoms with Crippen LogP contribution in [0.2, 0.25) is 10.0 Å². The molecule has 134 valence electrons. The van der Waals surface area contributed by atoms with E-state index in [0.29, 0.717) is 22.4 Å². The Labute approximate surface area is 157 Å². The molecule has 0 radical (unpaired) electrons. The van der Waals surface area contributed by atoms with Gasteiger partial charge in [0.05, 0.1) is 16.6 Å². The quantitative estimate of drug-likeness (QED) is 0.670. The number of rotatable bonds is 6. The van der Waals surface area contributed by atoms with Crippen molar-refractivity contribution in [1.29, 1.82) is 0 Å². The first kappa shape index (κ1) is 18.0. The normalized spacial score (nSPS) is 10.7. The number of halogens is 2. The minimum Gasteiger partial charge on any atom is -0.476 e. The second kappa shape index (κ2) is 7.59. The smallest absolute Gasteiger partial charge is 0.356 e. The maximum absolute atomic E-state index is 12.0. The third kappa shape index (κ3) is 4.41. The van der Waals surface area contributed by atoms with Gasteiger partial charge in [0.15, 0.2) is 11.5 Å². The van der Waals surface area contributed by atoms with Gasteiger partial charge in [0.1, 0.15) is 6.54 Å². The first-order valence-corrected chi connectivity index (χ1v) is 8.20. The van der Waals surface area contributed by atoms with E-state index >= 15 is 0 Å². The molecule has 3 aromatic rings. The molecular weight excluding hydrogens is 381 g/mol. The minimum absolute atomic E-state index is 0.118. The molecule has 1 aromatic carbocycles. The van der Waals surface area contributed by atoms with E-state index in [1.807, 2.05) is 6.07 Å². The van der Waals surface area contributed by atoms with Crippen molar-refractivity contribution in [3.05, 3.63) is 64.0 Å². The fraction of sp³-hybridized carbons (Fsp3) is 0.125. The van der Waals surface area contributed by atoms with Crippen LogP contribution < -0.4 is 5.32 Å². The number of carboxylic acid groups (broad SMARTS) is 1. The van der Waals surface area contributed by atoms with Gasteiger partial charge in [-0.2, -0.15) is 10.2 Å². The zero-order valence-corrected chi connectivity index (χ0v) is 14.8. The molecule has 0 bridgehead atoms. The first-order chi connectivity index (χ1) is 12.4. The summed E-state index contributed by atoms with van der Waals surface area (Å²) in [6.07, 6.45) is 3.14. The molecule has 0 saturated carbocycles. The van der Waals surface area contributed by atoms with Crippen molar-refractivity contribution in [2.24, 2.45) is 0 Å². The number of benzene rings is 1. The highest BCUT2D eigenvalue weighted by molar-refractivity contribution is 6.42. The summed E-state index contributed by atoms with van der Waals surface area (Å²) in [5.74, 6) is -1.14. The van der Waals surface area contributed by atoms with Crippen molar-refractivity contribution in [1.82, 2.24) is 19.6 Å². The van der Waals surface area contributed by atoms with Gasteiger partial charge in [-0.15, -0.1) is 0 Å². The van der Waals surface area contributed by atoms with Gasteiger partial charge in [-0.05, 0) is 23.8 Å². The summed E-state index contributed by atoms with van der Waals surface area (Å²) in [6, 6.07) is 8.27. The average Bonchev–Trinajstić information content (AvgIpc) is 3.21. The Balaban J connectivity index is 1.59. The molecule has 1 amide bonds. The van der Waals surface area contributed by atoms with Gasteiger partial charge in [0.25, 0.3) is 0 Å². The summed E-state index contributed by atoms with van der Waals surface area (Å²) >= 11 is 11.9. The SMILES string of the molecule is O=C(Cn1ccc(C(=O)O)n1)Nc1ccn(Cc2ccc(Cl)c(Cl)c2)n1. The molecule has 2 aromatic heterocycles. The molecule has 26 heavy (non-hydrogen) atoms. The molecule has 10 heteroatoms. The number of carbonyl (C=O) groups is 2. The van der Waals surface area contributed by atoms with Crippen molar-refractivity contribution >= 4 is 40.9 Å². The van der Waals surface area contributed by atoms with E-state index in [1.54, 1.807) is 29.1 Å². The lowest BCUT2D eigenvalue weighted by Gasteiger charge is -2.04. The fourth-order valence-electron chi connectivity index (χ4n) is 2.23. The van der Waals surface area contributed by atoms with Crippen molar-refractivity contribution in [2.45, 2.75) is 13.1 Å². The second-order valence-electron chi connectivity index (χ2n) is 5.40. The number of nitrogens with zero attached hydrogens (tertiary/aromatic N) is 4. The van der Waals surface area contributed by atoms with Crippen LogP contribution >= 0.6 is 23.2 Å². The Kier molecular flexibility index (Phi) is 5.24. The van der Waals surface area contributed by atoms with E-state index in [4.69, 9.17) is 28.3 Å². The second-order valence-corrected chi connectivity index (χ2v) is 6.21. The van der Waals surface area contributed by atoms with Gasteiger partial charge in [0, 0.05) is 18.5 Å². The molecule has 0 fully saturated rings. The molecule has 0 aliphatic rings. The number of amides is 1. The van der Waals surface area contributed by atoms with Gasteiger partial charge in [-0.1, -0.05) is 29.3 Å². The standard InChI is InChI=1S/C16H13Cl2N5O3/c17-11-2-1-10(7-12(11)18)8-22-6-4-14(21-22)19-15(24)9-23-5-3-13(20-23)16(25)26/h1-7H,8-9H2,(H,25,26)(H,19,21,24). The number of aromatic nitrogens is 4. The van der Waals surface area contributed by atoms with Crippen molar-refractivity contribution in [2.75, 3.05) is 5.32 Å². The summed E-state index contributed by atoms with van der Waals surface area (Å²) in [5, 5.41) is 20.4. The minimum atomic E-state index is -1.15. The molecule has 0 atom stereocenters. The zero-order chi connectivity index (χ0) is 18.7. The Morgan fingerprint density at radius 3 is 2.50 bits per heavy atom. The number of carbonyl (C=O) groups excluding carboxylic acids is 1. The number of aromatic carboxylic acids is 1. The van der Waals surface area contributed by atoms with Crippen LogP contribution in [0, 0.1) is 0 Å². The summed E-state index contributed by atoms with van der Waals surface area (Å²) in [7, 11) is 0. The molecule has 0 aliphatic carbocycles. The predicted molar refractivity (Wildman–Crippen MR) is 95.6 cm³/mol. The molecule has 0 saturated heterocycles. The van der Waals surface area contributed by atoms with Crippen LogP contribution in [0.1, 0.15) is 16.1 Å². The van der Waals surface area contributed by atoms with E-state index in [9.17, 15) is 9.59 Å². The van der Waals surface area contributed by atoms with Crippen molar-refractivity contribution in [3.8, 4) is 0 Å². The van der Waals surface area contributed by atoms with Crippen LogP contribution in [-0.2, 0) is 17.9 Å². The maximum Gasteiger partial charge on any atom is 0.356 e.